The zero-order valence-corrected chi connectivity index (χ0v) is 12.4. The maximum absolute atomic E-state index is 11.3. The highest BCUT2D eigenvalue weighted by molar-refractivity contribution is 8.18. The maximum atomic E-state index is 11.3. The van der Waals surface area contributed by atoms with Crippen LogP contribution in [0.3, 0.4) is 0 Å². The van der Waals surface area contributed by atoms with E-state index < -0.39 is 0 Å². The van der Waals surface area contributed by atoms with Gasteiger partial charge >= 0.3 is 5.97 Å². The highest BCUT2D eigenvalue weighted by atomic mass is 32.2. The lowest BCUT2D eigenvalue weighted by Crippen LogP contribution is -2.37. The van der Waals surface area contributed by atoms with Crippen LogP contribution in [-0.4, -0.2) is 40.9 Å². The van der Waals surface area contributed by atoms with Gasteiger partial charge in [0.05, 0.1) is 16.8 Å². The van der Waals surface area contributed by atoms with Crippen molar-refractivity contribution < 1.29 is 14.3 Å². The Morgan fingerprint density at radius 2 is 2.28 bits per heavy atom. The molecule has 0 bridgehead atoms. The molecule has 0 aliphatic carbocycles. The van der Waals surface area contributed by atoms with Crippen LogP contribution in [0.1, 0.15) is 26.2 Å². The van der Waals surface area contributed by atoms with Crippen LogP contribution in [0.5, 0.6) is 0 Å². The van der Waals surface area contributed by atoms with Crippen molar-refractivity contribution in [3.8, 4) is 0 Å². The number of hydrogen-bond donors (Lipinski definition) is 0. The lowest BCUT2D eigenvalue weighted by atomic mass is 10.1. The molecular weight excluding hydrogens is 268 g/mol. The first-order chi connectivity index (χ1) is 8.74. The number of hydrogen-bond acceptors (Lipinski definition) is 5. The molecule has 0 radical (unpaired) electrons. The Hall–Kier alpha value is -0.130. The summed E-state index contributed by atoms with van der Waals surface area (Å²) in [5.74, 6) is 2.23. The fraction of sp³-hybridized carbons (Fsp3) is 0.769. The van der Waals surface area contributed by atoms with Crippen molar-refractivity contribution in [2.75, 3.05) is 24.7 Å². The van der Waals surface area contributed by atoms with E-state index in [2.05, 4.69) is 23.5 Å². The van der Waals surface area contributed by atoms with Crippen LogP contribution in [0.15, 0.2) is 12.2 Å². The summed E-state index contributed by atoms with van der Waals surface area (Å²) in [6.07, 6.45) is 6.84. The average Bonchev–Trinajstić information content (AvgIpc) is 2.38. The molecule has 1 atom stereocenters. The number of ether oxygens (including phenoxy) is 2. The molecule has 2 heterocycles. The summed E-state index contributed by atoms with van der Waals surface area (Å²) >= 11 is 4.14. The van der Waals surface area contributed by atoms with E-state index in [9.17, 15) is 4.79 Å². The number of esters is 1. The van der Waals surface area contributed by atoms with Crippen molar-refractivity contribution in [1.29, 1.82) is 0 Å². The minimum atomic E-state index is -0.273. The number of rotatable bonds is 3. The van der Waals surface area contributed by atoms with Crippen molar-refractivity contribution in [2.24, 2.45) is 0 Å². The smallest absolute Gasteiger partial charge is 0.330 e. The lowest BCUT2D eigenvalue weighted by molar-refractivity contribution is -0.137. The molecule has 0 aromatic heterocycles. The molecule has 5 heteroatoms. The fourth-order valence-electron chi connectivity index (χ4n) is 2.21. The van der Waals surface area contributed by atoms with Crippen molar-refractivity contribution in [2.45, 2.75) is 36.4 Å². The second-order valence-electron chi connectivity index (χ2n) is 4.44. The summed E-state index contributed by atoms with van der Waals surface area (Å²) in [6, 6.07) is 0. The van der Waals surface area contributed by atoms with Gasteiger partial charge in [0.2, 0.25) is 0 Å². The molecule has 0 amide bonds. The third-order valence-corrected chi connectivity index (χ3v) is 6.57. The molecule has 0 aromatic carbocycles. The summed E-state index contributed by atoms with van der Waals surface area (Å²) in [4.78, 5) is 11.3. The zero-order valence-electron chi connectivity index (χ0n) is 10.7. The minimum Gasteiger partial charge on any atom is -0.463 e. The van der Waals surface area contributed by atoms with Gasteiger partial charge in [0.25, 0.3) is 0 Å². The summed E-state index contributed by atoms with van der Waals surface area (Å²) in [7, 11) is 0. The van der Waals surface area contributed by atoms with E-state index in [1.54, 1.807) is 0 Å². The first kappa shape index (κ1) is 14.3. The van der Waals surface area contributed by atoms with Crippen LogP contribution in [0.2, 0.25) is 0 Å². The van der Waals surface area contributed by atoms with Gasteiger partial charge in [-0.3, -0.25) is 0 Å². The Labute approximate surface area is 117 Å². The Morgan fingerprint density at radius 1 is 1.50 bits per heavy atom. The predicted molar refractivity (Wildman–Crippen MR) is 77.0 cm³/mol. The molecule has 2 aliphatic heterocycles. The molecule has 2 rings (SSSR count). The van der Waals surface area contributed by atoms with Crippen LogP contribution in [-0.2, 0) is 14.3 Å². The number of thioether (sulfide) groups is 2. The highest BCUT2D eigenvalue weighted by Crippen LogP contribution is 2.50. The third-order valence-electron chi connectivity index (χ3n) is 3.08. The van der Waals surface area contributed by atoms with Crippen molar-refractivity contribution in [1.82, 2.24) is 0 Å². The van der Waals surface area contributed by atoms with Gasteiger partial charge in [-0.15, -0.1) is 23.5 Å². The SMILES string of the molecule is CCOC(=O)C=CC1CC2(CCO1)SCCCS2. The van der Waals surface area contributed by atoms with Crippen molar-refractivity contribution in [3.05, 3.63) is 12.2 Å². The third kappa shape index (κ3) is 3.93. The van der Waals surface area contributed by atoms with E-state index >= 15 is 0 Å². The fourth-order valence-corrected chi connectivity index (χ4v) is 5.57. The van der Waals surface area contributed by atoms with E-state index in [4.69, 9.17) is 9.47 Å². The molecule has 2 aliphatic rings. The lowest BCUT2D eigenvalue weighted by Gasteiger charge is -2.41. The molecule has 102 valence electrons. The van der Waals surface area contributed by atoms with Crippen LogP contribution in [0.4, 0.5) is 0 Å². The monoisotopic (exact) mass is 288 g/mol. The average molecular weight is 288 g/mol. The van der Waals surface area contributed by atoms with E-state index in [0.717, 1.165) is 19.4 Å². The van der Waals surface area contributed by atoms with E-state index in [1.807, 2.05) is 13.0 Å². The molecule has 0 saturated carbocycles. The normalized spacial score (nSPS) is 27.5. The van der Waals surface area contributed by atoms with E-state index in [1.165, 1.54) is 24.0 Å². The van der Waals surface area contributed by atoms with Crippen LogP contribution in [0, 0.1) is 0 Å². The number of carbonyl (C=O) groups excluding carboxylic acids is 1. The summed E-state index contributed by atoms with van der Waals surface area (Å²) in [6.45, 7) is 3.02. The van der Waals surface area contributed by atoms with E-state index in [0.29, 0.717) is 10.7 Å². The van der Waals surface area contributed by atoms with Gasteiger partial charge in [0.1, 0.15) is 0 Å². The molecular formula is C13H20O3S2. The molecule has 2 saturated heterocycles. The van der Waals surface area contributed by atoms with Crippen molar-refractivity contribution in [3.63, 3.8) is 0 Å². The summed E-state index contributed by atoms with van der Waals surface area (Å²) in [5.41, 5.74) is 0. The maximum Gasteiger partial charge on any atom is 0.330 e. The summed E-state index contributed by atoms with van der Waals surface area (Å²) in [5, 5.41) is 0. The standard InChI is InChI=1S/C13H20O3S2/c1-2-15-12(14)5-4-11-10-13(6-7-16-11)17-8-3-9-18-13/h4-5,11H,2-3,6-10H2,1H3. The molecule has 0 aromatic rings. The molecule has 2 fully saturated rings. The molecule has 3 nitrogen and oxygen atoms in total. The second kappa shape index (κ2) is 6.87. The van der Waals surface area contributed by atoms with E-state index in [-0.39, 0.29) is 12.1 Å². The Balaban J connectivity index is 1.88. The van der Waals surface area contributed by atoms with Crippen LogP contribution < -0.4 is 0 Å². The quantitative estimate of drug-likeness (QED) is 0.589. The Morgan fingerprint density at radius 3 is 3.00 bits per heavy atom. The minimum absolute atomic E-state index is 0.0567. The summed E-state index contributed by atoms with van der Waals surface area (Å²) < 4.78 is 10.9. The van der Waals surface area contributed by atoms with Gasteiger partial charge in [-0.25, -0.2) is 4.79 Å². The predicted octanol–water partition coefficient (Wildman–Crippen LogP) is 2.85. The molecule has 1 spiro atoms. The van der Waals surface area contributed by atoms with Crippen LogP contribution in [0.25, 0.3) is 0 Å². The molecule has 1 unspecified atom stereocenters. The second-order valence-corrected chi connectivity index (χ2v) is 7.65. The Kier molecular flexibility index (Phi) is 5.45. The first-order valence-corrected chi connectivity index (χ1v) is 8.46. The highest BCUT2D eigenvalue weighted by Gasteiger charge is 2.38. The van der Waals surface area contributed by atoms with Crippen molar-refractivity contribution >= 4 is 29.5 Å². The Bertz CT molecular complexity index is 306. The zero-order chi connectivity index (χ0) is 12.8. The van der Waals surface area contributed by atoms with Gasteiger partial charge in [0.15, 0.2) is 0 Å². The number of carbonyl (C=O) groups is 1. The molecule has 18 heavy (non-hydrogen) atoms. The van der Waals surface area contributed by atoms with Gasteiger partial charge in [0, 0.05) is 19.1 Å². The first-order valence-electron chi connectivity index (χ1n) is 6.48. The van der Waals surface area contributed by atoms with Crippen LogP contribution >= 0.6 is 23.5 Å². The van der Waals surface area contributed by atoms with Gasteiger partial charge in [-0.1, -0.05) is 0 Å². The topological polar surface area (TPSA) is 35.5 Å². The molecule has 0 N–H and O–H groups in total. The largest absolute Gasteiger partial charge is 0.463 e. The van der Waals surface area contributed by atoms with Gasteiger partial charge in [-0.2, -0.15) is 0 Å². The van der Waals surface area contributed by atoms with Gasteiger partial charge in [-0.05, 0) is 37.3 Å². The van der Waals surface area contributed by atoms with Gasteiger partial charge < -0.3 is 9.47 Å².